The highest BCUT2D eigenvalue weighted by Crippen LogP contribution is 2.07. The first-order chi connectivity index (χ1) is 7.17. The van der Waals surface area contributed by atoms with Crippen molar-refractivity contribution in [2.75, 3.05) is 5.32 Å². The molecule has 0 aliphatic carbocycles. The van der Waals surface area contributed by atoms with Gasteiger partial charge >= 0.3 is 5.97 Å². The Morgan fingerprint density at radius 3 is 3.00 bits per heavy atom. The van der Waals surface area contributed by atoms with Crippen molar-refractivity contribution in [2.45, 2.75) is 19.4 Å². The molecular formula is C10H11N3O2. The lowest BCUT2D eigenvalue weighted by Gasteiger charge is -2.12. The third kappa shape index (κ3) is 2.95. The third-order valence-electron chi connectivity index (χ3n) is 1.89. The second-order valence-corrected chi connectivity index (χ2v) is 2.96. The number of carbonyl (C=O) groups is 1. The van der Waals surface area contributed by atoms with Crippen LogP contribution in [0.1, 0.15) is 19.0 Å². The molecule has 0 aliphatic heterocycles. The maximum absolute atomic E-state index is 10.7. The van der Waals surface area contributed by atoms with Crippen LogP contribution >= 0.6 is 0 Å². The van der Waals surface area contributed by atoms with E-state index in [2.05, 4.69) is 10.3 Å². The van der Waals surface area contributed by atoms with Crippen LogP contribution < -0.4 is 5.32 Å². The molecular weight excluding hydrogens is 194 g/mol. The van der Waals surface area contributed by atoms with Crippen LogP contribution in [0.15, 0.2) is 18.2 Å². The van der Waals surface area contributed by atoms with Crippen molar-refractivity contribution in [3.8, 4) is 6.07 Å². The molecule has 0 saturated carbocycles. The Bertz CT molecular complexity index is 398. The van der Waals surface area contributed by atoms with E-state index in [0.717, 1.165) is 0 Å². The highest BCUT2D eigenvalue weighted by atomic mass is 16.4. The van der Waals surface area contributed by atoms with Gasteiger partial charge in [0.1, 0.15) is 23.6 Å². The Kier molecular flexibility index (Phi) is 3.63. The van der Waals surface area contributed by atoms with E-state index in [9.17, 15) is 4.79 Å². The van der Waals surface area contributed by atoms with Crippen molar-refractivity contribution in [3.05, 3.63) is 23.9 Å². The van der Waals surface area contributed by atoms with E-state index in [1.807, 2.05) is 6.07 Å². The van der Waals surface area contributed by atoms with Crippen LogP contribution in [0.4, 0.5) is 5.82 Å². The number of aromatic nitrogens is 1. The van der Waals surface area contributed by atoms with Crippen LogP contribution in [-0.2, 0) is 4.79 Å². The lowest BCUT2D eigenvalue weighted by atomic mass is 10.2. The summed E-state index contributed by atoms with van der Waals surface area (Å²) in [7, 11) is 0. The molecule has 1 unspecified atom stereocenters. The van der Waals surface area contributed by atoms with Gasteiger partial charge in [-0.2, -0.15) is 5.26 Å². The van der Waals surface area contributed by atoms with Gasteiger partial charge in [-0.15, -0.1) is 0 Å². The fourth-order valence-electron chi connectivity index (χ4n) is 1.09. The standard InChI is InChI=1S/C10H11N3O2/c1-2-8(10(14)15)13-9-5-3-4-7(6-11)12-9/h3-5,8H,2H2,1H3,(H,12,13)(H,14,15). The zero-order valence-electron chi connectivity index (χ0n) is 8.27. The highest BCUT2D eigenvalue weighted by Gasteiger charge is 2.14. The zero-order chi connectivity index (χ0) is 11.3. The number of pyridine rings is 1. The van der Waals surface area contributed by atoms with E-state index >= 15 is 0 Å². The lowest BCUT2D eigenvalue weighted by Crippen LogP contribution is -2.28. The summed E-state index contributed by atoms with van der Waals surface area (Å²) >= 11 is 0. The molecule has 0 bridgehead atoms. The average Bonchev–Trinajstić information content (AvgIpc) is 2.25. The molecule has 0 amide bonds. The molecule has 1 atom stereocenters. The van der Waals surface area contributed by atoms with Crippen LogP contribution in [0, 0.1) is 11.3 Å². The molecule has 78 valence electrons. The number of nitrogens with zero attached hydrogens (tertiary/aromatic N) is 2. The Hall–Kier alpha value is -2.09. The summed E-state index contributed by atoms with van der Waals surface area (Å²) in [5.41, 5.74) is 0.264. The van der Waals surface area contributed by atoms with Gasteiger partial charge in [-0.05, 0) is 18.6 Å². The first-order valence-corrected chi connectivity index (χ1v) is 4.54. The summed E-state index contributed by atoms with van der Waals surface area (Å²) in [4.78, 5) is 14.7. The average molecular weight is 205 g/mol. The van der Waals surface area contributed by atoms with E-state index in [1.165, 1.54) is 0 Å². The van der Waals surface area contributed by atoms with Crippen LogP contribution in [0.25, 0.3) is 0 Å². The van der Waals surface area contributed by atoms with Gasteiger partial charge in [0, 0.05) is 0 Å². The minimum Gasteiger partial charge on any atom is -0.480 e. The number of nitriles is 1. The van der Waals surface area contributed by atoms with Gasteiger partial charge in [0.05, 0.1) is 0 Å². The molecule has 0 aliphatic rings. The molecule has 0 radical (unpaired) electrons. The molecule has 0 fully saturated rings. The molecule has 0 aromatic carbocycles. The van der Waals surface area contributed by atoms with E-state index in [0.29, 0.717) is 12.2 Å². The third-order valence-corrected chi connectivity index (χ3v) is 1.89. The molecule has 1 aromatic rings. The Morgan fingerprint density at radius 2 is 2.47 bits per heavy atom. The Balaban J connectivity index is 2.80. The minimum absolute atomic E-state index is 0.264. The van der Waals surface area contributed by atoms with E-state index in [4.69, 9.17) is 10.4 Å². The fourth-order valence-corrected chi connectivity index (χ4v) is 1.09. The van der Waals surface area contributed by atoms with Gasteiger partial charge in [0.15, 0.2) is 0 Å². The van der Waals surface area contributed by atoms with Crippen molar-refractivity contribution >= 4 is 11.8 Å². The van der Waals surface area contributed by atoms with Crippen molar-refractivity contribution in [1.29, 1.82) is 5.26 Å². The molecule has 2 N–H and O–H groups in total. The number of hydrogen-bond donors (Lipinski definition) is 2. The maximum atomic E-state index is 10.7. The van der Waals surface area contributed by atoms with E-state index in [1.54, 1.807) is 25.1 Å². The van der Waals surface area contributed by atoms with Gasteiger partial charge in [0.2, 0.25) is 0 Å². The van der Waals surface area contributed by atoms with Crippen LogP contribution in [0.3, 0.4) is 0 Å². The lowest BCUT2D eigenvalue weighted by molar-refractivity contribution is -0.137. The summed E-state index contributed by atoms with van der Waals surface area (Å²) in [6, 6.07) is 6.06. The molecule has 0 saturated heterocycles. The van der Waals surface area contributed by atoms with Gasteiger partial charge < -0.3 is 10.4 Å². The number of hydrogen-bond acceptors (Lipinski definition) is 4. The topological polar surface area (TPSA) is 86.0 Å². The normalized spacial score (nSPS) is 11.5. The van der Waals surface area contributed by atoms with Crippen LogP contribution in [-0.4, -0.2) is 22.1 Å². The van der Waals surface area contributed by atoms with Crippen molar-refractivity contribution < 1.29 is 9.90 Å². The molecule has 0 spiro atoms. The maximum Gasteiger partial charge on any atom is 0.326 e. The SMILES string of the molecule is CCC(Nc1cccc(C#N)n1)C(=O)O. The van der Waals surface area contributed by atoms with Crippen LogP contribution in [0.5, 0.6) is 0 Å². The van der Waals surface area contributed by atoms with Gasteiger partial charge in [-0.3, -0.25) is 0 Å². The first kappa shape index (κ1) is 11.0. The van der Waals surface area contributed by atoms with Crippen molar-refractivity contribution in [3.63, 3.8) is 0 Å². The quantitative estimate of drug-likeness (QED) is 0.772. The molecule has 1 rings (SSSR count). The van der Waals surface area contributed by atoms with Crippen molar-refractivity contribution in [2.24, 2.45) is 0 Å². The van der Waals surface area contributed by atoms with Gasteiger partial charge in [-0.25, -0.2) is 9.78 Å². The second kappa shape index (κ2) is 4.96. The van der Waals surface area contributed by atoms with Crippen LogP contribution in [0.2, 0.25) is 0 Å². The summed E-state index contributed by atoms with van der Waals surface area (Å²) < 4.78 is 0. The number of carboxylic acid groups (broad SMARTS) is 1. The smallest absolute Gasteiger partial charge is 0.326 e. The predicted octanol–water partition coefficient (Wildman–Crippen LogP) is 1.23. The molecule has 15 heavy (non-hydrogen) atoms. The van der Waals surface area contributed by atoms with E-state index in [-0.39, 0.29) is 5.69 Å². The highest BCUT2D eigenvalue weighted by molar-refractivity contribution is 5.76. The second-order valence-electron chi connectivity index (χ2n) is 2.96. The summed E-state index contributed by atoms with van der Waals surface area (Å²) in [5.74, 6) is -0.523. The molecule has 1 heterocycles. The Morgan fingerprint density at radius 1 is 1.73 bits per heavy atom. The fraction of sp³-hybridized carbons (Fsp3) is 0.300. The summed E-state index contributed by atoms with van der Waals surface area (Å²) in [6.45, 7) is 1.76. The van der Waals surface area contributed by atoms with E-state index < -0.39 is 12.0 Å². The molecule has 5 heteroatoms. The minimum atomic E-state index is -0.929. The number of nitrogens with one attached hydrogen (secondary N) is 1. The number of aliphatic carboxylic acids is 1. The van der Waals surface area contributed by atoms with Gasteiger partial charge in [-0.1, -0.05) is 13.0 Å². The largest absolute Gasteiger partial charge is 0.480 e. The first-order valence-electron chi connectivity index (χ1n) is 4.54. The van der Waals surface area contributed by atoms with Crippen molar-refractivity contribution in [1.82, 2.24) is 4.98 Å². The zero-order valence-corrected chi connectivity index (χ0v) is 8.27. The number of anilines is 1. The molecule has 1 aromatic heterocycles. The summed E-state index contributed by atoms with van der Waals surface area (Å²) in [6.07, 6.45) is 0.452. The predicted molar refractivity (Wildman–Crippen MR) is 54.3 cm³/mol. The Labute approximate surface area is 87.4 Å². The number of carboxylic acids is 1. The summed E-state index contributed by atoms with van der Waals surface area (Å²) in [5, 5.41) is 20.2. The monoisotopic (exact) mass is 205 g/mol. The molecule has 5 nitrogen and oxygen atoms in total. The van der Waals surface area contributed by atoms with Gasteiger partial charge in [0.25, 0.3) is 0 Å². The number of rotatable bonds is 4.